The van der Waals surface area contributed by atoms with Crippen molar-refractivity contribution < 1.29 is 19.2 Å². The van der Waals surface area contributed by atoms with Crippen molar-refractivity contribution >= 4 is 40.0 Å². The SMILES string of the molecule is CCOC(=O)c1c(NC(=O)C(C#N)=Cc2cc(C)n(-c3ccc([N+](=O)[O-])cc3)c2C)sc2c1CCCC2. The third kappa shape index (κ3) is 5.17. The molecule has 9 nitrogen and oxygen atoms in total. The standard InChI is InChI=1S/C27H26N4O5S/c1-4-36-27(33)24-22-7-5-6-8-23(22)37-26(24)29-25(32)19(15-28)14-18-13-16(2)30(17(18)3)20-9-11-21(12-10-20)31(34)35/h9-14H,4-8H2,1-3H3,(H,29,32). The molecule has 0 spiro atoms. The van der Waals surface area contributed by atoms with Crippen LogP contribution in [-0.4, -0.2) is 28.0 Å². The highest BCUT2D eigenvalue weighted by atomic mass is 32.1. The van der Waals surface area contributed by atoms with Gasteiger partial charge >= 0.3 is 5.97 Å². The first kappa shape index (κ1) is 25.9. The van der Waals surface area contributed by atoms with Crippen LogP contribution in [0.15, 0.2) is 35.9 Å². The summed E-state index contributed by atoms with van der Waals surface area (Å²) in [6.07, 6.45) is 5.11. The second kappa shape index (κ2) is 10.8. The van der Waals surface area contributed by atoms with Crippen LogP contribution in [0, 0.1) is 35.3 Å². The molecule has 190 valence electrons. The molecule has 4 rings (SSSR count). The quantitative estimate of drug-likeness (QED) is 0.141. The van der Waals surface area contributed by atoms with Crippen molar-refractivity contribution in [3.63, 3.8) is 0 Å². The zero-order chi connectivity index (χ0) is 26.7. The molecule has 1 amide bonds. The Hall–Kier alpha value is -4.23. The van der Waals surface area contributed by atoms with E-state index in [-0.39, 0.29) is 17.9 Å². The van der Waals surface area contributed by atoms with Crippen LogP contribution >= 0.6 is 11.3 Å². The summed E-state index contributed by atoms with van der Waals surface area (Å²) in [6, 6.07) is 9.98. The minimum Gasteiger partial charge on any atom is -0.462 e. The molecular weight excluding hydrogens is 492 g/mol. The first-order valence-electron chi connectivity index (χ1n) is 11.9. The fourth-order valence-corrected chi connectivity index (χ4v) is 5.87. The van der Waals surface area contributed by atoms with E-state index in [0.29, 0.717) is 16.1 Å². The van der Waals surface area contributed by atoms with Crippen LogP contribution in [0.2, 0.25) is 0 Å². The van der Waals surface area contributed by atoms with Crippen molar-refractivity contribution in [2.45, 2.75) is 46.5 Å². The number of nitrogens with one attached hydrogen (secondary N) is 1. The average molecular weight is 519 g/mol. The van der Waals surface area contributed by atoms with Crippen LogP contribution in [0.25, 0.3) is 11.8 Å². The number of benzene rings is 1. The van der Waals surface area contributed by atoms with Gasteiger partial charge in [0.1, 0.15) is 16.6 Å². The van der Waals surface area contributed by atoms with E-state index in [1.807, 2.05) is 30.6 Å². The first-order valence-corrected chi connectivity index (χ1v) is 12.7. The molecule has 3 aromatic rings. The Kier molecular flexibility index (Phi) is 7.55. The maximum Gasteiger partial charge on any atom is 0.341 e. The number of amides is 1. The molecule has 1 aliphatic rings. The lowest BCUT2D eigenvalue weighted by atomic mass is 9.95. The summed E-state index contributed by atoms with van der Waals surface area (Å²) in [6.45, 7) is 5.68. The van der Waals surface area contributed by atoms with Gasteiger partial charge < -0.3 is 14.6 Å². The van der Waals surface area contributed by atoms with E-state index in [4.69, 9.17) is 4.74 Å². The molecule has 0 aliphatic heterocycles. The fraction of sp³-hybridized carbons (Fsp3) is 0.296. The molecule has 0 saturated carbocycles. The number of carbonyl (C=O) groups excluding carboxylic acids is 2. The highest BCUT2D eigenvalue weighted by Gasteiger charge is 2.28. The molecule has 0 saturated heterocycles. The third-order valence-corrected chi connectivity index (χ3v) is 7.54. The molecule has 1 N–H and O–H groups in total. The number of rotatable bonds is 7. The van der Waals surface area contributed by atoms with Gasteiger partial charge in [-0.25, -0.2) is 4.79 Å². The predicted molar refractivity (Wildman–Crippen MR) is 141 cm³/mol. The molecule has 2 heterocycles. The largest absolute Gasteiger partial charge is 0.462 e. The van der Waals surface area contributed by atoms with E-state index < -0.39 is 16.8 Å². The second-order valence-corrected chi connectivity index (χ2v) is 9.80. The lowest BCUT2D eigenvalue weighted by Gasteiger charge is -2.12. The van der Waals surface area contributed by atoms with E-state index in [9.17, 15) is 25.0 Å². The number of thiophene rings is 1. The zero-order valence-electron chi connectivity index (χ0n) is 20.8. The lowest BCUT2D eigenvalue weighted by Crippen LogP contribution is -2.16. The van der Waals surface area contributed by atoms with Crippen LogP contribution in [-0.2, 0) is 22.4 Å². The number of aromatic nitrogens is 1. The topological polar surface area (TPSA) is 127 Å². The van der Waals surface area contributed by atoms with Gasteiger partial charge in [0.05, 0.1) is 17.1 Å². The highest BCUT2D eigenvalue weighted by molar-refractivity contribution is 7.17. The fourth-order valence-electron chi connectivity index (χ4n) is 4.60. The number of esters is 1. The Balaban J connectivity index is 1.65. The molecule has 2 aromatic heterocycles. The average Bonchev–Trinajstić information content (AvgIpc) is 3.38. The van der Waals surface area contributed by atoms with Gasteiger partial charge in [-0.2, -0.15) is 5.26 Å². The zero-order valence-corrected chi connectivity index (χ0v) is 21.6. The summed E-state index contributed by atoms with van der Waals surface area (Å²) in [7, 11) is 0. The summed E-state index contributed by atoms with van der Waals surface area (Å²) >= 11 is 1.37. The van der Waals surface area contributed by atoms with E-state index in [1.54, 1.807) is 19.1 Å². The molecular formula is C27H26N4O5S. The minimum absolute atomic E-state index is 0.00721. The van der Waals surface area contributed by atoms with Crippen molar-refractivity contribution in [3.8, 4) is 11.8 Å². The smallest absolute Gasteiger partial charge is 0.341 e. The molecule has 0 atom stereocenters. The second-order valence-electron chi connectivity index (χ2n) is 8.69. The Morgan fingerprint density at radius 1 is 1.24 bits per heavy atom. The summed E-state index contributed by atoms with van der Waals surface area (Å²) in [5, 5.41) is 24.0. The van der Waals surface area contributed by atoms with Crippen LogP contribution in [0.1, 0.15) is 57.5 Å². The van der Waals surface area contributed by atoms with Gasteiger partial charge in [0.2, 0.25) is 0 Å². The molecule has 0 fully saturated rings. The number of carbonyl (C=O) groups is 2. The minimum atomic E-state index is -0.605. The van der Waals surface area contributed by atoms with E-state index in [0.717, 1.165) is 53.2 Å². The van der Waals surface area contributed by atoms with Crippen molar-refractivity contribution in [1.82, 2.24) is 4.57 Å². The van der Waals surface area contributed by atoms with Crippen LogP contribution in [0.4, 0.5) is 10.7 Å². The molecule has 1 aliphatic carbocycles. The summed E-state index contributed by atoms with van der Waals surface area (Å²) < 4.78 is 7.15. The van der Waals surface area contributed by atoms with E-state index in [1.165, 1.54) is 29.5 Å². The molecule has 0 unspecified atom stereocenters. The lowest BCUT2D eigenvalue weighted by molar-refractivity contribution is -0.384. The normalized spacial score (nSPS) is 13.0. The number of nitro benzene ring substituents is 1. The number of aryl methyl sites for hydroxylation is 2. The molecule has 10 heteroatoms. The maximum absolute atomic E-state index is 13.1. The number of nitro groups is 1. The Labute approximate surface area is 218 Å². The van der Waals surface area contributed by atoms with Gasteiger partial charge in [-0.1, -0.05) is 0 Å². The van der Waals surface area contributed by atoms with Gasteiger partial charge in [0, 0.05) is 34.1 Å². The van der Waals surface area contributed by atoms with Crippen molar-refractivity contribution in [2.24, 2.45) is 0 Å². The summed E-state index contributed by atoms with van der Waals surface area (Å²) in [5.74, 6) is -1.07. The number of non-ortho nitro benzene ring substituents is 1. The Morgan fingerprint density at radius 3 is 2.59 bits per heavy atom. The predicted octanol–water partition coefficient (Wildman–Crippen LogP) is 5.67. The Morgan fingerprint density at radius 2 is 1.95 bits per heavy atom. The Bertz CT molecular complexity index is 1460. The molecule has 1 aromatic carbocycles. The molecule has 0 radical (unpaired) electrons. The first-order chi connectivity index (χ1) is 17.7. The third-order valence-electron chi connectivity index (χ3n) is 6.33. The van der Waals surface area contributed by atoms with Gasteiger partial charge in [-0.05, 0) is 81.9 Å². The summed E-state index contributed by atoms with van der Waals surface area (Å²) in [5.41, 5.74) is 4.21. The number of anilines is 1. The number of nitriles is 1. The van der Waals surface area contributed by atoms with Crippen LogP contribution in [0.5, 0.6) is 0 Å². The maximum atomic E-state index is 13.1. The van der Waals surface area contributed by atoms with Gasteiger partial charge in [-0.15, -0.1) is 11.3 Å². The van der Waals surface area contributed by atoms with Crippen molar-refractivity contribution in [3.05, 3.63) is 79.0 Å². The molecule has 37 heavy (non-hydrogen) atoms. The van der Waals surface area contributed by atoms with Gasteiger partial charge in [0.25, 0.3) is 11.6 Å². The van der Waals surface area contributed by atoms with Gasteiger partial charge in [-0.3, -0.25) is 14.9 Å². The number of ether oxygens (including phenoxy) is 1. The van der Waals surface area contributed by atoms with Crippen LogP contribution < -0.4 is 5.32 Å². The number of hydrogen-bond acceptors (Lipinski definition) is 7. The number of nitrogens with zero attached hydrogens (tertiary/aromatic N) is 3. The van der Waals surface area contributed by atoms with Gasteiger partial charge in [0.15, 0.2) is 0 Å². The highest BCUT2D eigenvalue weighted by Crippen LogP contribution is 2.39. The van der Waals surface area contributed by atoms with Crippen molar-refractivity contribution in [2.75, 3.05) is 11.9 Å². The van der Waals surface area contributed by atoms with Crippen LogP contribution in [0.3, 0.4) is 0 Å². The summed E-state index contributed by atoms with van der Waals surface area (Å²) in [4.78, 5) is 37.4. The van der Waals surface area contributed by atoms with E-state index in [2.05, 4.69) is 5.32 Å². The monoisotopic (exact) mass is 518 g/mol. The number of fused-ring (bicyclic) bond motifs is 1. The molecule has 0 bridgehead atoms. The van der Waals surface area contributed by atoms with E-state index >= 15 is 0 Å². The van der Waals surface area contributed by atoms with Crippen molar-refractivity contribution in [1.29, 1.82) is 5.26 Å². The number of hydrogen-bond donors (Lipinski definition) is 1.